The molecule has 0 bridgehead atoms. The second-order valence-electron chi connectivity index (χ2n) is 6.61. The van der Waals surface area contributed by atoms with Crippen molar-refractivity contribution in [1.82, 2.24) is 15.2 Å². The Hall–Kier alpha value is -2.73. The number of aromatic nitrogens is 1. The average Bonchev–Trinajstić information content (AvgIpc) is 2.61. The van der Waals surface area contributed by atoms with Crippen molar-refractivity contribution < 1.29 is 9.59 Å². The van der Waals surface area contributed by atoms with Crippen LogP contribution in [0.25, 0.3) is 0 Å². The number of hydrogen-bond acceptors (Lipinski definition) is 4. The molecule has 0 aliphatic heterocycles. The van der Waals surface area contributed by atoms with Gasteiger partial charge in [-0.1, -0.05) is 12.1 Å². The summed E-state index contributed by atoms with van der Waals surface area (Å²) in [6, 6.07) is 9.00. The second-order valence-corrected chi connectivity index (χ2v) is 6.61. The number of pyridine rings is 1. The smallest absolute Gasteiger partial charge is 0.269 e. The van der Waals surface area contributed by atoms with E-state index in [1.54, 1.807) is 6.07 Å². The number of aryl methyl sites for hydroxylation is 2. The third-order valence-electron chi connectivity index (χ3n) is 3.96. The second kappa shape index (κ2) is 9.10. The first-order chi connectivity index (χ1) is 12.4. The highest BCUT2D eigenvalue weighted by Crippen LogP contribution is 2.17. The predicted molar refractivity (Wildman–Crippen MR) is 104 cm³/mol. The van der Waals surface area contributed by atoms with Crippen molar-refractivity contribution in [3.63, 3.8) is 0 Å². The van der Waals surface area contributed by atoms with E-state index in [4.69, 9.17) is 0 Å². The summed E-state index contributed by atoms with van der Waals surface area (Å²) in [5.41, 5.74) is 3.46. The Balaban J connectivity index is 2.02. The zero-order valence-corrected chi connectivity index (χ0v) is 15.8. The van der Waals surface area contributed by atoms with Crippen molar-refractivity contribution in [1.29, 1.82) is 0 Å². The molecule has 6 nitrogen and oxygen atoms in total. The highest BCUT2D eigenvalue weighted by Gasteiger charge is 2.12. The largest absolute Gasteiger partial charge is 0.351 e. The lowest BCUT2D eigenvalue weighted by Gasteiger charge is -2.11. The highest BCUT2D eigenvalue weighted by atomic mass is 16.2. The lowest BCUT2D eigenvalue weighted by Crippen LogP contribution is -2.28. The normalized spacial score (nSPS) is 10.7. The number of rotatable bonds is 7. The van der Waals surface area contributed by atoms with Crippen LogP contribution in [-0.4, -0.2) is 48.9 Å². The van der Waals surface area contributed by atoms with Gasteiger partial charge in [0.25, 0.3) is 11.8 Å². The van der Waals surface area contributed by atoms with Gasteiger partial charge in [-0.05, 0) is 70.2 Å². The molecule has 0 saturated carbocycles. The molecule has 26 heavy (non-hydrogen) atoms. The molecule has 6 heteroatoms. The summed E-state index contributed by atoms with van der Waals surface area (Å²) in [5.74, 6) is -0.534. The van der Waals surface area contributed by atoms with Gasteiger partial charge in [0.2, 0.25) is 0 Å². The van der Waals surface area contributed by atoms with Crippen LogP contribution in [0.4, 0.5) is 5.69 Å². The first-order valence-corrected chi connectivity index (χ1v) is 8.64. The van der Waals surface area contributed by atoms with Crippen molar-refractivity contribution in [2.45, 2.75) is 20.3 Å². The molecule has 1 aromatic heterocycles. The van der Waals surface area contributed by atoms with Crippen LogP contribution < -0.4 is 10.6 Å². The van der Waals surface area contributed by atoms with E-state index < -0.39 is 0 Å². The molecular formula is C20H26N4O2. The van der Waals surface area contributed by atoms with Gasteiger partial charge in [0.15, 0.2) is 0 Å². The van der Waals surface area contributed by atoms with Gasteiger partial charge in [-0.15, -0.1) is 0 Å². The number of nitrogens with one attached hydrogen (secondary N) is 2. The molecule has 0 aliphatic rings. The summed E-state index contributed by atoms with van der Waals surface area (Å²) >= 11 is 0. The zero-order chi connectivity index (χ0) is 19.1. The van der Waals surface area contributed by atoms with Crippen LogP contribution >= 0.6 is 0 Å². The number of carbonyl (C=O) groups excluding carboxylic acids is 2. The number of carbonyl (C=O) groups is 2. The molecule has 2 rings (SSSR count). The maximum atomic E-state index is 12.5. The fourth-order valence-electron chi connectivity index (χ4n) is 2.45. The molecule has 0 atom stereocenters. The van der Waals surface area contributed by atoms with Gasteiger partial charge in [-0.25, -0.2) is 0 Å². The quantitative estimate of drug-likeness (QED) is 0.750. The topological polar surface area (TPSA) is 74.3 Å². The SMILES string of the molecule is Cc1ccc(C)c(NC(=O)c2ccnc(C(=O)NCCCN(C)C)c2)c1. The van der Waals surface area contributed by atoms with Crippen LogP contribution in [0.5, 0.6) is 0 Å². The third-order valence-corrected chi connectivity index (χ3v) is 3.96. The summed E-state index contributed by atoms with van der Waals surface area (Å²) in [6.07, 6.45) is 2.33. The monoisotopic (exact) mass is 354 g/mol. The fourth-order valence-corrected chi connectivity index (χ4v) is 2.45. The minimum atomic E-state index is -0.273. The third kappa shape index (κ3) is 5.67. The molecule has 2 N–H and O–H groups in total. The molecule has 138 valence electrons. The fraction of sp³-hybridized carbons (Fsp3) is 0.350. The van der Waals surface area contributed by atoms with E-state index in [1.165, 1.54) is 12.3 Å². The molecule has 2 amide bonds. The Kier molecular flexibility index (Phi) is 6.86. The minimum Gasteiger partial charge on any atom is -0.351 e. The summed E-state index contributed by atoms with van der Waals surface area (Å²) in [7, 11) is 3.98. The maximum absolute atomic E-state index is 12.5. The van der Waals surface area contributed by atoms with Crippen LogP contribution in [0, 0.1) is 13.8 Å². The Morgan fingerprint density at radius 3 is 2.58 bits per heavy atom. The molecule has 0 unspecified atom stereocenters. The molecule has 0 aliphatic carbocycles. The standard InChI is InChI=1S/C20H26N4O2/c1-14-6-7-15(2)17(12-14)23-19(25)16-8-10-21-18(13-16)20(26)22-9-5-11-24(3)4/h6-8,10,12-13H,5,9,11H2,1-4H3,(H,22,26)(H,23,25). The highest BCUT2D eigenvalue weighted by molar-refractivity contribution is 6.06. The maximum Gasteiger partial charge on any atom is 0.269 e. The summed E-state index contributed by atoms with van der Waals surface area (Å²) in [6.45, 7) is 5.37. The Labute approximate surface area is 154 Å². The van der Waals surface area contributed by atoms with Crippen LogP contribution in [-0.2, 0) is 0 Å². The Bertz CT molecular complexity index is 787. The average molecular weight is 354 g/mol. The van der Waals surface area contributed by atoms with E-state index in [9.17, 15) is 9.59 Å². The molecular weight excluding hydrogens is 328 g/mol. The number of hydrogen-bond donors (Lipinski definition) is 2. The van der Waals surface area contributed by atoms with Crippen molar-refractivity contribution in [2.24, 2.45) is 0 Å². The van der Waals surface area contributed by atoms with Crippen LogP contribution in [0.1, 0.15) is 38.4 Å². The van der Waals surface area contributed by atoms with Crippen LogP contribution in [0.15, 0.2) is 36.5 Å². The molecule has 0 fully saturated rings. The molecule has 0 radical (unpaired) electrons. The molecule has 0 saturated heterocycles. The van der Waals surface area contributed by atoms with Crippen molar-refractivity contribution in [3.8, 4) is 0 Å². The first-order valence-electron chi connectivity index (χ1n) is 8.64. The summed E-state index contributed by atoms with van der Waals surface area (Å²) in [4.78, 5) is 30.8. The van der Waals surface area contributed by atoms with Gasteiger partial charge in [-0.3, -0.25) is 14.6 Å². The van der Waals surface area contributed by atoms with Crippen LogP contribution in [0.3, 0.4) is 0 Å². The van der Waals surface area contributed by atoms with Gasteiger partial charge in [0.1, 0.15) is 5.69 Å². The number of anilines is 1. The van der Waals surface area contributed by atoms with Crippen molar-refractivity contribution >= 4 is 17.5 Å². The van der Waals surface area contributed by atoms with E-state index in [0.29, 0.717) is 12.1 Å². The van der Waals surface area contributed by atoms with E-state index in [1.807, 2.05) is 46.1 Å². The summed E-state index contributed by atoms with van der Waals surface area (Å²) < 4.78 is 0. The van der Waals surface area contributed by atoms with Crippen molar-refractivity contribution in [2.75, 3.05) is 32.5 Å². The number of benzene rings is 1. The van der Waals surface area contributed by atoms with E-state index >= 15 is 0 Å². The van der Waals surface area contributed by atoms with Crippen molar-refractivity contribution in [3.05, 3.63) is 58.9 Å². The van der Waals surface area contributed by atoms with E-state index in [2.05, 4.69) is 20.5 Å². The van der Waals surface area contributed by atoms with Gasteiger partial charge in [0, 0.05) is 24.0 Å². The van der Waals surface area contributed by atoms with Gasteiger partial charge >= 0.3 is 0 Å². The zero-order valence-electron chi connectivity index (χ0n) is 15.8. The Morgan fingerprint density at radius 2 is 1.85 bits per heavy atom. The summed E-state index contributed by atoms with van der Waals surface area (Å²) in [5, 5.41) is 5.72. The van der Waals surface area contributed by atoms with Crippen LogP contribution in [0.2, 0.25) is 0 Å². The number of amides is 2. The lowest BCUT2D eigenvalue weighted by atomic mass is 10.1. The van der Waals surface area contributed by atoms with Gasteiger partial charge in [0.05, 0.1) is 0 Å². The van der Waals surface area contributed by atoms with E-state index in [-0.39, 0.29) is 17.5 Å². The van der Waals surface area contributed by atoms with Gasteiger partial charge < -0.3 is 15.5 Å². The lowest BCUT2D eigenvalue weighted by molar-refractivity contribution is 0.0947. The predicted octanol–water partition coefficient (Wildman–Crippen LogP) is 2.63. The molecule has 2 aromatic rings. The molecule has 1 heterocycles. The minimum absolute atomic E-state index is 0.239. The number of nitrogens with zero attached hydrogens (tertiary/aromatic N) is 2. The van der Waals surface area contributed by atoms with E-state index in [0.717, 1.165) is 29.8 Å². The molecule has 0 spiro atoms. The molecule has 1 aromatic carbocycles. The van der Waals surface area contributed by atoms with Gasteiger partial charge in [-0.2, -0.15) is 0 Å². The first kappa shape index (κ1) is 19.6. The Morgan fingerprint density at radius 1 is 1.08 bits per heavy atom.